The highest BCUT2D eigenvalue weighted by molar-refractivity contribution is 7.89. The molecule has 1 atom stereocenters. The molecule has 0 amide bonds. The molecule has 1 aliphatic rings. The summed E-state index contributed by atoms with van der Waals surface area (Å²) in [5.41, 5.74) is 0.725. The summed E-state index contributed by atoms with van der Waals surface area (Å²) in [5.74, 6) is 0.661. The molecular formula is C22H24N2O5S. The lowest BCUT2D eigenvalue weighted by molar-refractivity contribution is 0.0925. The number of fused-ring (bicyclic) bond motifs is 1. The predicted molar refractivity (Wildman–Crippen MR) is 114 cm³/mol. The zero-order valence-electron chi connectivity index (χ0n) is 16.7. The summed E-state index contributed by atoms with van der Waals surface area (Å²) in [5, 5.41) is 0.776. The molecular weight excluding hydrogens is 404 g/mol. The molecule has 0 bridgehead atoms. The molecule has 1 N–H and O–H groups in total. The number of aromatic nitrogens is 1. The molecule has 1 saturated heterocycles. The molecule has 2 aromatic carbocycles. The second kappa shape index (κ2) is 8.59. The Morgan fingerprint density at radius 1 is 1.17 bits per heavy atom. The fourth-order valence-corrected chi connectivity index (χ4v) is 5.14. The molecule has 4 rings (SSSR count). The predicted octanol–water partition coefficient (Wildman–Crippen LogP) is 2.91. The summed E-state index contributed by atoms with van der Waals surface area (Å²) in [6.45, 7) is 0.784. The average molecular weight is 429 g/mol. The van der Waals surface area contributed by atoms with Crippen molar-refractivity contribution >= 4 is 20.9 Å². The lowest BCUT2D eigenvalue weighted by atomic mass is 10.1. The number of nitrogens with zero attached hydrogens (tertiary/aromatic N) is 1. The van der Waals surface area contributed by atoms with Gasteiger partial charge in [0.15, 0.2) is 0 Å². The van der Waals surface area contributed by atoms with Crippen molar-refractivity contribution in [3.05, 3.63) is 70.5 Å². The largest absolute Gasteiger partial charge is 0.497 e. The highest BCUT2D eigenvalue weighted by atomic mass is 32.2. The van der Waals surface area contributed by atoms with Crippen molar-refractivity contribution in [2.24, 2.45) is 0 Å². The Labute approximate surface area is 175 Å². The van der Waals surface area contributed by atoms with Crippen LogP contribution in [0.15, 0.2) is 64.3 Å². The second-order valence-electron chi connectivity index (χ2n) is 7.32. The van der Waals surface area contributed by atoms with Gasteiger partial charge < -0.3 is 14.5 Å². The fourth-order valence-electron chi connectivity index (χ4n) is 3.67. The molecule has 0 unspecified atom stereocenters. The second-order valence-corrected chi connectivity index (χ2v) is 9.26. The zero-order valence-corrected chi connectivity index (χ0v) is 17.5. The van der Waals surface area contributed by atoms with Crippen LogP contribution in [0, 0.1) is 0 Å². The third-order valence-corrected chi connectivity index (χ3v) is 7.11. The van der Waals surface area contributed by atoms with Gasteiger partial charge >= 0.3 is 0 Å². The molecule has 1 aliphatic heterocycles. The topological polar surface area (TPSA) is 88.7 Å². The Hall–Kier alpha value is -2.68. The molecule has 2 heterocycles. The number of benzene rings is 2. The number of hydrogen-bond acceptors (Lipinski definition) is 5. The van der Waals surface area contributed by atoms with Gasteiger partial charge in [0, 0.05) is 36.2 Å². The van der Waals surface area contributed by atoms with Crippen molar-refractivity contribution in [1.82, 2.24) is 9.29 Å². The Kier molecular flexibility index (Phi) is 5.90. The number of H-pyrrole nitrogens is 1. The standard InChI is InChI=1S/C22H24N2O5S/c1-28-18-9-10-21-16(13-18)12-17(22(25)23-21)14-24(15-19-6-5-11-29-19)30(26,27)20-7-3-2-4-8-20/h2-4,7-10,12-13,19H,5-6,11,14-15H2,1H3,(H,23,25)/t19-/m0/s1. The summed E-state index contributed by atoms with van der Waals surface area (Å²) < 4.78 is 39.0. The van der Waals surface area contributed by atoms with Gasteiger partial charge in [-0.3, -0.25) is 4.79 Å². The van der Waals surface area contributed by atoms with Gasteiger partial charge in [0.2, 0.25) is 10.0 Å². The van der Waals surface area contributed by atoms with Gasteiger partial charge in [-0.1, -0.05) is 18.2 Å². The lowest BCUT2D eigenvalue weighted by Crippen LogP contribution is -2.38. The maximum atomic E-state index is 13.3. The Bertz CT molecular complexity index is 1190. The lowest BCUT2D eigenvalue weighted by Gasteiger charge is -2.25. The fraction of sp³-hybridized carbons (Fsp3) is 0.318. The van der Waals surface area contributed by atoms with E-state index in [1.807, 2.05) is 6.07 Å². The molecule has 1 fully saturated rings. The van der Waals surface area contributed by atoms with Crippen LogP contribution in [0.1, 0.15) is 18.4 Å². The van der Waals surface area contributed by atoms with Crippen LogP contribution >= 0.6 is 0 Å². The van der Waals surface area contributed by atoms with Gasteiger partial charge in [-0.2, -0.15) is 4.31 Å². The SMILES string of the molecule is COc1ccc2[nH]c(=O)c(CN(C[C@@H]3CCCO3)S(=O)(=O)c3ccccc3)cc2c1. The van der Waals surface area contributed by atoms with Crippen molar-refractivity contribution in [2.45, 2.75) is 30.4 Å². The maximum absolute atomic E-state index is 13.3. The van der Waals surface area contributed by atoms with Crippen LogP contribution in [0.4, 0.5) is 0 Å². The van der Waals surface area contributed by atoms with E-state index in [0.29, 0.717) is 23.4 Å². The van der Waals surface area contributed by atoms with E-state index < -0.39 is 10.0 Å². The van der Waals surface area contributed by atoms with E-state index in [2.05, 4.69) is 4.98 Å². The van der Waals surface area contributed by atoms with Crippen LogP contribution in [0.3, 0.4) is 0 Å². The summed E-state index contributed by atoms with van der Waals surface area (Å²) in [6, 6.07) is 15.3. The minimum Gasteiger partial charge on any atom is -0.497 e. The summed E-state index contributed by atoms with van der Waals surface area (Å²) in [7, 11) is -2.22. The maximum Gasteiger partial charge on any atom is 0.252 e. The minimum absolute atomic E-state index is 0.0421. The third kappa shape index (κ3) is 4.26. The van der Waals surface area contributed by atoms with Crippen LogP contribution < -0.4 is 10.3 Å². The first-order chi connectivity index (χ1) is 14.5. The number of aromatic amines is 1. The Balaban J connectivity index is 1.72. The van der Waals surface area contributed by atoms with Crippen molar-refractivity contribution in [1.29, 1.82) is 0 Å². The van der Waals surface area contributed by atoms with Crippen molar-refractivity contribution < 1.29 is 17.9 Å². The number of rotatable bonds is 7. The molecule has 8 heteroatoms. The smallest absolute Gasteiger partial charge is 0.252 e. The Morgan fingerprint density at radius 3 is 2.67 bits per heavy atom. The average Bonchev–Trinajstić information content (AvgIpc) is 3.27. The number of pyridine rings is 1. The minimum atomic E-state index is -3.79. The highest BCUT2D eigenvalue weighted by Crippen LogP contribution is 2.23. The van der Waals surface area contributed by atoms with Crippen LogP contribution in [-0.4, -0.2) is 44.1 Å². The molecule has 158 valence electrons. The van der Waals surface area contributed by atoms with E-state index in [0.717, 1.165) is 18.2 Å². The molecule has 1 aromatic heterocycles. The normalized spacial score (nSPS) is 16.9. The third-order valence-electron chi connectivity index (χ3n) is 5.29. The Morgan fingerprint density at radius 2 is 1.97 bits per heavy atom. The van der Waals surface area contributed by atoms with E-state index in [1.54, 1.807) is 55.6 Å². The van der Waals surface area contributed by atoms with E-state index >= 15 is 0 Å². The first-order valence-electron chi connectivity index (χ1n) is 9.84. The molecule has 0 radical (unpaired) electrons. The quantitative estimate of drug-likeness (QED) is 0.625. The monoisotopic (exact) mass is 428 g/mol. The summed E-state index contributed by atoms with van der Waals surface area (Å²) in [4.78, 5) is 15.7. The van der Waals surface area contributed by atoms with Crippen molar-refractivity contribution in [2.75, 3.05) is 20.3 Å². The highest BCUT2D eigenvalue weighted by Gasteiger charge is 2.29. The number of ether oxygens (including phenoxy) is 2. The van der Waals surface area contributed by atoms with E-state index in [1.165, 1.54) is 4.31 Å². The van der Waals surface area contributed by atoms with Crippen LogP contribution in [0.25, 0.3) is 10.9 Å². The molecule has 3 aromatic rings. The first kappa shape index (κ1) is 20.6. The van der Waals surface area contributed by atoms with E-state index in [4.69, 9.17) is 9.47 Å². The van der Waals surface area contributed by atoms with Gasteiger partial charge in [-0.05, 0) is 49.2 Å². The van der Waals surface area contributed by atoms with Gasteiger partial charge in [0.25, 0.3) is 5.56 Å². The number of nitrogens with one attached hydrogen (secondary N) is 1. The van der Waals surface area contributed by atoms with E-state index in [9.17, 15) is 13.2 Å². The van der Waals surface area contributed by atoms with Crippen LogP contribution in [-0.2, 0) is 21.3 Å². The van der Waals surface area contributed by atoms with Crippen LogP contribution in [0.2, 0.25) is 0 Å². The molecule has 0 saturated carbocycles. The first-order valence-corrected chi connectivity index (χ1v) is 11.3. The molecule has 7 nitrogen and oxygen atoms in total. The number of sulfonamides is 1. The molecule has 0 spiro atoms. The zero-order chi connectivity index (χ0) is 21.1. The molecule has 0 aliphatic carbocycles. The summed E-state index contributed by atoms with van der Waals surface area (Å²) >= 11 is 0. The van der Waals surface area contributed by atoms with Gasteiger partial charge in [-0.15, -0.1) is 0 Å². The van der Waals surface area contributed by atoms with Crippen molar-refractivity contribution in [3.63, 3.8) is 0 Å². The number of hydrogen-bond donors (Lipinski definition) is 1. The van der Waals surface area contributed by atoms with Gasteiger partial charge in [-0.25, -0.2) is 8.42 Å². The summed E-state index contributed by atoms with van der Waals surface area (Å²) in [6.07, 6.45) is 1.52. The number of methoxy groups -OCH3 is 1. The van der Waals surface area contributed by atoms with E-state index in [-0.39, 0.29) is 29.6 Å². The van der Waals surface area contributed by atoms with Crippen molar-refractivity contribution in [3.8, 4) is 5.75 Å². The van der Waals surface area contributed by atoms with Gasteiger partial charge in [0.1, 0.15) is 5.75 Å². The molecule has 30 heavy (non-hydrogen) atoms. The van der Waals surface area contributed by atoms with Crippen LogP contribution in [0.5, 0.6) is 5.75 Å². The van der Waals surface area contributed by atoms with Gasteiger partial charge in [0.05, 0.1) is 18.1 Å².